The minimum Gasteiger partial charge on any atom is -0.412 e. The largest absolute Gasteiger partial charge is 0.412 e. The molecule has 7 heteroatoms. The van der Waals surface area contributed by atoms with Gasteiger partial charge >= 0.3 is 0 Å². The molecule has 0 aromatic carbocycles. The first kappa shape index (κ1) is 157. The minimum atomic E-state index is 0. The number of hydrogen-bond donors (Lipinski definition) is 0. The molecule has 0 aliphatic rings. The van der Waals surface area contributed by atoms with Gasteiger partial charge in [-0.2, -0.15) is 9.90 Å². The average molecular weight is 245 g/mol. The van der Waals surface area contributed by atoms with Crippen molar-refractivity contribution in [1.82, 2.24) is 0 Å². The summed E-state index contributed by atoms with van der Waals surface area (Å²) in [5, 5.41) is 0. The summed E-state index contributed by atoms with van der Waals surface area (Å²) in [5.41, 5.74) is 0. The SMILES string of the molecule is O.O.O.O.P.[Ti].[Zr]. The maximum Gasteiger partial charge on any atom is 0 e. The van der Waals surface area contributed by atoms with Crippen molar-refractivity contribution in [3.63, 3.8) is 0 Å². The zero-order chi connectivity index (χ0) is 0. The second-order valence-electron chi connectivity index (χ2n) is 0. The van der Waals surface area contributed by atoms with Gasteiger partial charge in [0.1, 0.15) is 0 Å². The van der Waals surface area contributed by atoms with Gasteiger partial charge < -0.3 is 21.9 Å². The van der Waals surface area contributed by atoms with Crippen molar-refractivity contribution in [2.75, 3.05) is 0 Å². The van der Waals surface area contributed by atoms with Crippen LogP contribution in [0.1, 0.15) is 0 Å². The van der Waals surface area contributed by atoms with Crippen LogP contribution in [0.3, 0.4) is 0 Å². The number of hydrogen-bond acceptors (Lipinski definition) is 0. The van der Waals surface area contributed by atoms with E-state index in [2.05, 4.69) is 0 Å². The summed E-state index contributed by atoms with van der Waals surface area (Å²) >= 11 is 0. The first-order valence-corrected chi connectivity index (χ1v) is 0. The molecule has 0 aromatic rings. The summed E-state index contributed by atoms with van der Waals surface area (Å²) in [5.74, 6) is 0. The molecule has 1 atom stereocenters. The molecule has 0 spiro atoms. The zero-order valence-corrected chi connectivity index (χ0v) is 9.14. The van der Waals surface area contributed by atoms with Crippen molar-refractivity contribution >= 4 is 9.90 Å². The van der Waals surface area contributed by atoms with Crippen LogP contribution in [0, 0.1) is 0 Å². The fraction of sp³-hybridized carbons (Fsp3) is 0. The van der Waals surface area contributed by atoms with Gasteiger partial charge in [-0.25, -0.2) is 0 Å². The molecule has 0 aliphatic heterocycles. The molecule has 1 unspecified atom stereocenters. The summed E-state index contributed by atoms with van der Waals surface area (Å²) in [6.45, 7) is 0. The fourth-order valence-corrected chi connectivity index (χ4v) is 0. The first-order valence-electron chi connectivity index (χ1n) is 0. The van der Waals surface area contributed by atoms with Crippen LogP contribution in [-0.4, -0.2) is 21.9 Å². The molecular weight excluding hydrogens is 234 g/mol. The summed E-state index contributed by atoms with van der Waals surface area (Å²) < 4.78 is 0. The van der Waals surface area contributed by atoms with Crippen LogP contribution >= 0.6 is 9.90 Å². The Balaban J connectivity index is 0. The smallest absolute Gasteiger partial charge is 0 e. The van der Waals surface area contributed by atoms with Crippen LogP contribution in [0.25, 0.3) is 0 Å². The predicted molar refractivity (Wildman–Crippen MR) is 25.6 cm³/mol. The summed E-state index contributed by atoms with van der Waals surface area (Å²) in [7, 11) is 0. The van der Waals surface area contributed by atoms with Gasteiger partial charge in [0.2, 0.25) is 0 Å². The van der Waals surface area contributed by atoms with E-state index in [1.54, 1.807) is 0 Å². The van der Waals surface area contributed by atoms with Crippen molar-refractivity contribution < 1.29 is 69.8 Å². The maximum atomic E-state index is 0. The van der Waals surface area contributed by atoms with Crippen molar-refractivity contribution in [2.45, 2.75) is 0 Å². The normalized spacial score (nSPS) is 0. The predicted octanol–water partition coefficient (Wildman–Crippen LogP) is -3.25. The molecule has 0 aromatic heterocycles. The number of rotatable bonds is 0. The Morgan fingerprint density at radius 2 is 0.571 bits per heavy atom. The molecule has 48 valence electrons. The van der Waals surface area contributed by atoms with Crippen molar-refractivity contribution in [3.8, 4) is 0 Å². The summed E-state index contributed by atoms with van der Waals surface area (Å²) in [6.07, 6.45) is 0. The maximum absolute atomic E-state index is 0. The third kappa shape index (κ3) is 77.7. The molecule has 0 saturated heterocycles. The van der Waals surface area contributed by atoms with E-state index in [4.69, 9.17) is 0 Å². The Morgan fingerprint density at radius 1 is 0.571 bits per heavy atom. The third-order valence-corrected chi connectivity index (χ3v) is 0. The molecular formula is H11O4PTiZr. The molecule has 0 heterocycles. The summed E-state index contributed by atoms with van der Waals surface area (Å²) in [6, 6.07) is 0. The topological polar surface area (TPSA) is 126 Å². The quantitative estimate of drug-likeness (QED) is 0.314. The average Bonchev–Trinajstić information content (AvgIpc) is 0. The van der Waals surface area contributed by atoms with E-state index in [1.165, 1.54) is 0 Å². The van der Waals surface area contributed by atoms with Gasteiger partial charge in [-0.05, 0) is 0 Å². The molecule has 8 N–H and O–H groups in total. The van der Waals surface area contributed by atoms with Gasteiger partial charge in [0.05, 0.1) is 0 Å². The van der Waals surface area contributed by atoms with Crippen LogP contribution in [0.4, 0.5) is 0 Å². The van der Waals surface area contributed by atoms with E-state index in [0.29, 0.717) is 0 Å². The fourth-order valence-electron chi connectivity index (χ4n) is 0. The van der Waals surface area contributed by atoms with Crippen LogP contribution in [0.2, 0.25) is 0 Å². The van der Waals surface area contributed by atoms with Crippen LogP contribution in [0.15, 0.2) is 0 Å². The van der Waals surface area contributed by atoms with E-state index < -0.39 is 0 Å². The van der Waals surface area contributed by atoms with Crippen molar-refractivity contribution in [1.29, 1.82) is 0 Å². The monoisotopic (exact) mass is 244 g/mol. The molecule has 0 rings (SSSR count). The van der Waals surface area contributed by atoms with E-state index in [1.807, 2.05) is 0 Å². The summed E-state index contributed by atoms with van der Waals surface area (Å²) in [4.78, 5) is 0. The third-order valence-electron chi connectivity index (χ3n) is 0. The Hall–Kier alpha value is 1.87. The van der Waals surface area contributed by atoms with Gasteiger partial charge in [-0.3, -0.25) is 0 Å². The molecule has 0 amide bonds. The second kappa shape index (κ2) is 106. The molecule has 4 nitrogen and oxygen atoms in total. The molecule has 0 aliphatic carbocycles. The van der Waals surface area contributed by atoms with Crippen LogP contribution in [-0.2, 0) is 47.9 Å². The molecule has 0 bridgehead atoms. The molecule has 0 radical (unpaired) electrons. The van der Waals surface area contributed by atoms with Crippen LogP contribution in [0.5, 0.6) is 0 Å². The van der Waals surface area contributed by atoms with Gasteiger partial charge in [0.25, 0.3) is 0 Å². The van der Waals surface area contributed by atoms with Gasteiger partial charge in [0.15, 0.2) is 0 Å². The first-order chi connectivity index (χ1) is 0. The van der Waals surface area contributed by atoms with E-state index >= 15 is 0 Å². The molecule has 0 fully saturated rings. The van der Waals surface area contributed by atoms with E-state index in [-0.39, 0.29) is 79.7 Å². The molecule has 7 heavy (non-hydrogen) atoms. The Morgan fingerprint density at radius 3 is 0.571 bits per heavy atom. The van der Waals surface area contributed by atoms with Gasteiger partial charge in [-0.1, -0.05) is 0 Å². The Labute approximate surface area is 79.3 Å². The standard InChI is InChI=1S/4H2O.H3P.Ti.Zr/h4*1H2;1H3;;. The van der Waals surface area contributed by atoms with Crippen molar-refractivity contribution in [3.05, 3.63) is 0 Å². The Kier molecular flexibility index (Phi) is 2390. The van der Waals surface area contributed by atoms with Crippen molar-refractivity contribution in [2.24, 2.45) is 0 Å². The van der Waals surface area contributed by atoms with E-state index in [0.717, 1.165) is 0 Å². The Bertz CT molecular complexity index is 11.7. The zero-order valence-electron chi connectivity index (χ0n) is 3.71. The second-order valence-corrected chi connectivity index (χ2v) is 0. The van der Waals surface area contributed by atoms with Gasteiger partial charge in [0, 0.05) is 47.9 Å². The molecule has 0 saturated carbocycles. The van der Waals surface area contributed by atoms with Crippen LogP contribution < -0.4 is 0 Å². The van der Waals surface area contributed by atoms with Gasteiger partial charge in [-0.15, -0.1) is 0 Å². The van der Waals surface area contributed by atoms with E-state index in [9.17, 15) is 0 Å². The minimum absolute atomic E-state index is 0.